The molecule has 0 spiro atoms. The van der Waals surface area contributed by atoms with Crippen LogP contribution in [0.15, 0.2) is 40.2 Å². The lowest BCUT2D eigenvalue weighted by Crippen LogP contribution is -2.07. The average Bonchev–Trinajstić information content (AvgIpc) is 3.10. The molecule has 0 aliphatic rings. The Bertz CT molecular complexity index is 970. The van der Waals surface area contributed by atoms with Crippen molar-refractivity contribution in [2.45, 2.75) is 33.6 Å². The van der Waals surface area contributed by atoms with E-state index in [9.17, 15) is 4.79 Å². The first-order valence-electron chi connectivity index (χ1n) is 9.15. The molecule has 2 heterocycles. The molecular formula is C21H22BrN3O2S. The van der Waals surface area contributed by atoms with E-state index >= 15 is 0 Å². The van der Waals surface area contributed by atoms with Gasteiger partial charge < -0.3 is 10.1 Å². The lowest BCUT2D eigenvalue weighted by atomic mass is 10.1. The standard InChI is InChI=1S/C21H22BrN3O2S/c1-4-16-13(3)23-21(17-10-11-18(22)28-17)25-20(16)24-15-8-6-14(7-9-15)12-19(26)27-5-2/h6-11H,4-5,12H2,1-3H3,(H,23,24,25). The molecule has 0 saturated heterocycles. The number of aryl methyl sites for hydroxylation is 1. The molecule has 0 unspecified atom stereocenters. The smallest absolute Gasteiger partial charge is 0.310 e. The summed E-state index contributed by atoms with van der Waals surface area (Å²) in [4.78, 5) is 22.1. The van der Waals surface area contributed by atoms with Gasteiger partial charge in [0.05, 0.1) is 21.7 Å². The number of anilines is 2. The molecule has 28 heavy (non-hydrogen) atoms. The van der Waals surface area contributed by atoms with Gasteiger partial charge in [0.2, 0.25) is 0 Å². The van der Waals surface area contributed by atoms with Crippen LogP contribution in [0, 0.1) is 6.92 Å². The molecule has 0 bridgehead atoms. The van der Waals surface area contributed by atoms with E-state index in [0.29, 0.717) is 12.4 Å². The minimum atomic E-state index is -0.213. The third-order valence-corrected chi connectivity index (χ3v) is 5.85. The number of halogens is 1. The van der Waals surface area contributed by atoms with Crippen LogP contribution in [0.5, 0.6) is 0 Å². The van der Waals surface area contributed by atoms with Crippen molar-refractivity contribution in [3.63, 3.8) is 0 Å². The summed E-state index contributed by atoms with van der Waals surface area (Å²) in [7, 11) is 0. The molecule has 2 aromatic heterocycles. The van der Waals surface area contributed by atoms with Crippen molar-refractivity contribution in [3.05, 3.63) is 57.0 Å². The molecule has 0 saturated carbocycles. The van der Waals surface area contributed by atoms with Crippen molar-refractivity contribution in [2.24, 2.45) is 0 Å². The summed E-state index contributed by atoms with van der Waals surface area (Å²) in [6.45, 7) is 6.32. The van der Waals surface area contributed by atoms with Crippen molar-refractivity contribution in [1.29, 1.82) is 0 Å². The van der Waals surface area contributed by atoms with Crippen molar-refractivity contribution < 1.29 is 9.53 Å². The van der Waals surface area contributed by atoms with Crippen LogP contribution in [0.25, 0.3) is 10.7 Å². The molecule has 3 rings (SSSR count). The molecule has 1 aromatic carbocycles. The third-order valence-electron chi connectivity index (χ3n) is 4.23. The van der Waals surface area contributed by atoms with Crippen molar-refractivity contribution in [2.75, 3.05) is 11.9 Å². The first-order valence-corrected chi connectivity index (χ1v) is 10.8. The Morgan fingerprint density at radius 3 is 2.50 bits per heavy atom. The maximum Gasteiger partial charge on any atom is 0.310 e. The van der Waals surface area contributed by atoms with Gasteiger partial charge in [0.25, 0.3) is 0 Å². The molecule has 3 aromatic rings. The van der Waals surface area contributed by atoms with Gasteiger partial charge >= 0.3 is 5.97 Å². The molecule has 0 radical (unpaired) electrons. The molecule has 0 aliphatic carbocycles. The lowest BCUT2D eigenvalue weighted by Gasteiger charge is -2.14. The Labute approximate surface area is 177 Å². The van der Waals surface area contributed by atoms with Crippen molar-refractivity contribution in [1.82, 2.24) is 9.97 Å². The number of benzene rings is 1. The predicted octanol–water partition coefficient (Wildman–Crippen LogP) is 5.69. The number of esters is 1. The number of thiophene rings is 1. The fourth-order valence-electron chi connectivity index (χ4n) is 2.89. The van der Waals surface area contributed by atoms with Gasteiger partial charge in [0.15, 0.2) is 5.82 Å². The molecule has 146 valence electrons. The highest BCUT2D eigenvalue weighted by Gasteiger charge is 2.13. The highest BCUT2D eigenvalue weighted by Crippen LogP contribution is 2.32. The Morgan fingerprint density at radius 2 is 1.89 bits per heavy atom. The van der Waals surface area contributed by atoms with E-state index in [4.69, 9.17) is 9.72 Å². The average molecular weight is 460 g/mol. The van der Waals surface area contributed by atoms with Crippen LogP contribution in [-0.2, 0) is 22.4 Å². The summed E-state index contributed by atoms with van der Waals surface area (Å²) in [5, 5.41) is 3.41. The second-order valence-corrected chi connectivity index (χ2v) is 8.68. The van der Waals surface area contributed by atoms with E-state index in [0.717, 1.165) is 43.4 Å². The number of ether oxygens (including phenoxy) is 1. The van der Waals surface area contributed by atoms with Crippen LogP contribution in [-0.4, -0.2) is 22.5 Å². The normalized spacial score (nSPS) is 10.7. The van der Waals surface area contributed by atoms with Crippen molar-refractivity contribution >= 4 is 44.7 Å². The lowest BCUT2D eigenvalue weighted by molar-refractivity contribution is -0.142. The minimum Gasteiger partial charge on any atom is -0.466 e. The Morgan fingerprint density at radius 1 is 1.14 bits per heavy atom. The van der Waals surface area contributed by atoms with E-state index in [2.05, 4.69) is 33.2 Å². The summed E-state index contributed by atoms with van der Waals surface area (Å²) in [5.41, 5.74) is 3.90. The Hall–Kier alpha value is -2.25. The predicted molar refractivity (Wildman–Crippen MR) is 117 cm³/mol. The highest BCUT2D eigenvalue weighted by molar-refractivity contribution is 9.11. The molecule has 7 heteroatoms. The third kappa shape index (κ3) is 4.97. The van der Waals surface area contributed by atoms with Gasteiger partial charge in [-0.15, -0.1) is 11.3 Å². The van der Waals surface area contributed by atoms with Crippen molar-refractivity contribution in [3.8, 4) is 10.7 Å². The summed E-state index contributed by atoms with van der Waals surface area (Å²) in [6, 6.07) is 11.8. The van der Waals surface area contributed by atoms with Gasteiger partial charge in [-0.1, -0.05) is 19.1 Å². The summed E-state index contributed by atoms with van der Waals surface area (Å²) < 4.78 is 6.05. The van der Waals surface area contributed by atoms with Crippen LogP contribution in [0.2, 0.25) is 0 Å². The first-order chi connectivity index (χ1) is 13.5. The molecule has 0 fully saturated rings. The molecule has 0 atom stereocenters. The van der Waals surface area contributed by atoms with Crippen LogP contribution in [0.1, 0.15) is 30.7 Å². The highest BCUT2D eigenvalue weighted by atomic mass is 79.9. The number of aromatic nitrogens is 2. The molecule has 0 amide bonds. The molecular weight excluding hydrogens is 438 g/mol. The zero-order chi connectivity index (χ0) is 20.1. The van der Waals surface area contributed by atoms with Gasteiger partial charge in [-0.2, -0.15) is 0 Å². The SMILES string of the molecule is CCOC(=O)Cc1ccc(Nc2nc(-c3ccc(Br)s3)nc(C)c2CC)cc1. The molecule has 0 aliphatic heterocycles. The van der Waals surface area contributed by atoms with Gasteiger partial charge in [-0.05, 0) is 66.0 Å². The fourth-order valence-corrected chi connectivity index (χ4v) is 4.21. The number of nitrogens with zero attached hydrogens (tertiary/aromatic N) is 2. The van der Waals surface area contributed by atoms with Crippen LogP contribution >= 0.6 is 27.3 Å². The van der Waals surface area contributed by atoms with E-state index in [1.54, 1.807) is 11.3 Å². The minimum absolute atomic E-state index is 0.213. The number of rotatable bonds is 7. The summed E-state index contributed by atoms with van der Waals surface area (Å²) >= 11 is 5.11. The summed E-state index contributed by atoms with van der Waals surface area (Å²) in [6.07, 6.45) is 1.11. The summed E-state index contributed by atoms with van der Waals surface area (Å²) in [5.74, 6) is 1.31. The zero-order valence-electron chi connectivity index (χ0n) is 16.1. The van der Waals surface area contributed by atoms with E-state index < -0.39 is 0 Å². The molecule has 1 N–H and O–H groups in total. The number of carbonyl (C=O) groups excluding carboxylic acids is 1. The van der Waals surface area contributed by atoms with Gasteiger partial charge in [-0.3, -0.25) is 4.79 Å². The van der Waals surface area contributed by atoms with Crippen LogP contribution < -0.4 is 5.32 Å². The second kappa shape index (κ2) is 9.30. The number of hydrogen-bond acceptors (Lipinski definition) is 6. The topological polar surface area (TPSA) is 64.1 Å². The first kappa shape index (κ1) is 20.5. The van der Waals surface area contributed by atoms with E-state index in [-0.39, 0.29) is 12.4 Å². The van der Waals surface area contributed by atoms with Crippen LogP contribution in [0.3, 0.4) is 0 Å². The number of carbonyl (C=O) groups is 1. The molecule has 5 nitrogen and oxygen atoms in total. The fraction of sp³-hybridized carbons (Fsp3) is 0.286. The second-order valence-electron chi connectivity index (χ2n) is 6.22. The van der Waals surface area contributed by atoms with Crippen LogP contribution in [0.4, 0.5) is 11.5 Å². The monoisotopic (exact) mass is 459 g/mol. The largest absolute Gasteiger partial charge is 0.466 e. The number of hydrogen-bond donors (Lipinski definition) is 1. The van der Waals surface area contributed by atoms with E-state index in [1.165, 1.54) is 0 Å². The van der Waals surface area contributed by atoms with E-state index in [1.807, 2.05) is 50.2 Å². The van der Waals surface area contributed by atoms with Gasteiger partial charge in [-0.25, -0.2) is 9.97 Å². The maximum atomic E-state index is 11.6. The van der Waals surface area contributed by atoms with Gasteiger partial charge in [0.1, 0.15) is 5.82 Å². The maximum absolute atomic E-state index is 11.6. The number of nitrogens with one attached hydrogen (secondary N) is 1. The Balaban J connectivity index is 1.84. The Kier molecular flexibility index (Phi) is 6.80. The quantitative estimate of drug-likeness (QED) is 0.459. The zero-order valence-corrected chi connectivity index (χ0v) is 18.5. The van der Waals surface area contributed by atoms with Gasteiger partial charge in [0, 0.05) is 16.9 Å².